The van der Waals surface area contributed by atoms with Gasteiger partial charge in [-0.1, -0.05) is 34.6 Å². The smallest absolute Gasteiger partial charge is 0.319 e. The predicted octanol–water partition coefficient (Wildman–Crippen LogP) is 3.38. The molecule has 1 aromatic rings. The molecule has 1 rings (SSSR count). The van der Waals surface area contributed by atoms with Gasteiger partial charge in [-0.15, -0.1) is 11.3 Å². The molecule has 0 unspecified atom stereocenters. The largest absolute Gasteiger partial charge is 0.359 e. The number of amides is 2. The van der Waals surface area contributed by atoms with E-state index in [2.05, 4.69) is 43.2 Å². The molecule has 0 aliphatic heterocycles. The Bertz CT molecular complexity index is 572. The zero-order valence-electron chi connectivity index (χ0n) is 28.1. The van der Waals surface area contributed by atoms with Crippen molar-refractivity contribution in [2.24, 2.45) is 9.98 Å². The summed E-state index contributed by atoms with van der Waals surface area (Å²) in [5, 5.41) is 14.6. The number of carbonyl (C=O) groups is 1. The minimum Gasteiger partial charge on any atom is -0.359 e. The number of rotatable bonds is 2. The molecule has 0 fully saturated rings. The molecule has 0 spiro atoms. The zero-order chi connectivity index (χ0) is 31.5. The van der Waals surface area contributed by atoms with Crippen LogP contribution in [-0.2, 0) is 6.42 Å². The van der Waals surface area contributed by atoms with Crippen LogP contribution in [0.15, 0.2) is 21.6 Å². The summed E-state index contributed by atoms with van der Waals surface area (Å²) >= 11 is 1.71. The third kappa shape index (κ3) is 43.5. The number of aryl methyl sites for hydroxylation is 1. The first kappa shape index (κ1) is 48.5. The van der Waals surface area contributed by atoms with E-state index >= 15 is 0 Å². The summed E-state index contributed by atoms with van der Waals surface area (Å²) in [6.07, 6.45) is 2.90. The topological polar surface area (TPSA) is 113 Å². The van der Waals surface area contributed by atoms with E-state index in [4.69, 9.17) is 0 Å². The lowest BCUT2D eigenvalue weighted by Gasteiger charge is -2.19. The molecule has 230 valence electrons. The van der Waals surface area contributed by atoms with Crippen molar-refractivity contribution in [1.82, 2.24) is 41.0 Å². The second-order valence-corrected chi connectivity index (χ2v) is 7.94. The monoisotopic (exact) mass is 564 g/mol. The van der Waals surface area contributed by atoms with E-state index in [1.54, 1.807) is 56.4 Å². The first-order chi connectivity index (χ1) is 17.9. The van der Waals surface area contributed by atoms with Crippen molar-refractivity contribution in [3.05, 3.63) is 16.6 Å². The predicted molar refractivity (Wildman–Crippen MR) is 174 cm³/mol. The summed E-state index contributed by atoms with van der Waals surface area (Å²) in [6.45, 7) is 12.8. The number of hydrogen-bond donors (Lipinski definition) is 4. The fraction of sp³-hybridized carbons (Fsp3) is 0.769. The van der Waals surface area contributed by atoms with Crippen LogP contribution < -0.4 is 21.3 Å². The molecule has 0 radical (unpaired) electrons. The third-order valence-corrected chi connectivity index (χ3v) is 4.29. The summed E-state index contributed by atoms with van der Waals surface area (Å²) in [6, 6.07) is 0.0532. The minimum atomic E-state index is 0.0532. The van der Waals surface area contributed by atoms with E-state index in [0.717, 1.165) is 24.9 Å². The SMILES string of the molecule is CC.CC.CCN(C)C(=O)N(C)C.CCc1nccs1.CN(C)C.CN=C(NC)NC.CN=C(NC)NC. The molecule has 0 atom stereocenters. The summed E-state index contributed by atoms with van der Waals surface area (Å²) < 4.78 is 0. The summed E-state index contributed by atoms with van der Waals surface area (Å²) in [5.41, 5.74) is 0. The second-order valence-electron chi connectivity index (χ2n) is 6.96. The lowest BCUT2D eigenvalue weighted by atomic mass is 10.5. The van der Waals surface area contributed by atoms with Crippen LogP contribution >= 0.6 is 11.3 Å². The lowest BCUT2D eigenvalue weighted by molar-refractivity contribution is 0.184. The van der Waals surface area contributed by atoms with Crippen molar-refractivity contribution in [3.8, 4) is 0 Å². The molecule has 0 bridgehead atoms. The molecule has 38 heavy (non-hydrogen) atoms. The summed E-state index contributed by atoms with van der Waals surface area (Å²) in [5.74, 6) is 1.61. The molecule has 0 saturated heterocycles. The highest BCUT2D eigenvalue weighted by molar-refractivity contribution is 7.09. The number of hydrogen-bond acceptors (Lipinski definition) is 6. The first-order valence-electron chi connectivity index (χ1n) is 13.0. The Hall–Kier alpha value is -2.60. The summed E-state index contributed by atoms with van der Waals surface area (Å²) in [7, 11) is 22.0. The molecule has 2 amide bonds. The van der Waals surface area contributed by atoms with Crippen molar-refractivity contribution in [2.75, 3.05) is 91.1 Å². The van der Waals surface area contributed by atoms with Crippen LogP contribution in [-0.4, -0.2) is 129 Å². The molecule has 0 saturated carbocycles. The highest BCUT2D eigenvalue weighted by atomic mass is 32.1. The summed E-state index contributed by atoms with van der Waals surface area (Å²) in [4.78, 5) is 27.8. The van der Waals surface area contributed by atoms with Gasteiger partial charge >= 0.3 is 6.03 Å². The quantitative estimate of drug-likeness (QED) is 0.322. The van der Waals surface area contributed by atoms with E-state index in [1.165, 1.54) is 5.01 Å². The van der Waals surface area contributed by atoms with Crippen molar-refractivity contribution >= 4 is 29.3 Å². The molecule has 0 aliphatic carbocycles. The second kappa shape index (κ2) is 41.5. The van der Waals surface area contributed by atoms with Crippen molar-refractivity contribution < 1.29 is 4.79 Å². The maximum atomic E-state index is 10.9. The number of nitrogens with zero attached hydrogens (tertiary/aromatic N) is 6. The Morgan fingerprint density at radius 2 is 1.16 bits per heavy atom. The van der Waals surface area contributed by atoms with Crippen LogP contribution in [0.25, 0.3) is 0 Å². The normalized spacial score (nSPS) is 7.76. The molecule has 4 N–H and O–H groups in total. The van der Waals surface area contributed by atoms with Gasteiger partial charge < -0.3 is 36.0 Å². The van der Waals surface area contributed by atoms with Crippen LogP contribution in [0.4, 0.5) is 4.79 Å². The number of guanidine groups is 2. The number of aliphatic imine (C=N–C) groups is 2. The van der Waals surface area contributed by atoms with Crippen molar-refractivity contribution in [1.29, 1.82) is 0 Å². The molecule has 12 heteroatoms. The van der Waals surface area contributed by atoms with E-state index in [1.807, 2.05) is 100 Å². The molecular formula is C26H64N10OS. The molecule has 0 aromatic carbocycles. The molecule has 11 nitrogen and oxygen atoms in total. The highest BCUT2D eigenvalue weighted by Gasteiger charge is 2.06. The Morgan fingerprint density at radius 3 is 1.24 bits per heavy atom. The van der Waals surface area contributed by atoms with Crippen LogP contribution in [0.2, 0.25) is 0 Å². The standard InChI is InChI=1S/C6H14N2O.C5H7NS.2C4H11N3.C3H9N.2C2H6/c1-5-8(4)6(9)7(2)3;1-2-5-6-3-4-7-5;2*1-5-4(6-2)7-3;1-4(2)3;2*1-2/h5H2,1-4H3;3-4H,2H2,1H3;2*1-3H3,(H2,5,6,7);1-3H3;2*1-2H3. The molecule has 0 aliphatic rings. The van der Waals surface area contributed by atoms with Crippen LogP contribution in [0.1, 0.15) is 46.6 Å². The number of urea groups is 1. The third-order valence-electron chi connectivity index (χ3n) is 3.36. The number of aromatic nitrogens is 1. The number of carbonyl (C=O) groups excluding carboxylic acids is 1. The number of nitrogens with one attached hydrogen (secondary N) is 4. The molecule has 1 heterocycles. The Labute approximate surface area is 240 Å². The van der Waals surface area contributed by atoms with Crippen molar-refractivity contribution in [2.45, 2.75) is 48.0 Å². The van der Waals surface area contributed by atoms with Crippen LogP contribution in [0.5, 0.6) is 0 Å². The Morgan fingerprint density at radius 1 is 0.816 bits per heavy atom. The zero-order valence-corrected chi connectivity index (χ0v) is 28.9. The van der Waals surface area contributed by atoms with Crippen LogP contribution in [0.3, 0.4) is 0 Å². The van der Waals surface area contributed by atoms with Crippen molar-refractivity contribution in [3.63, 3.8) is 0 Å². The van der Waals surface area contributed by atoms with Gasteiger partial charge in [-0.25, -0.2) is 9.78 Å². The van der Waals surface area contributed by atoms with Gasteiger partial charge in [0.25, 0.3) is 0 Å². The van der Waals surface area contributed by atoms with E-state index in [9.17, 15) is 4.79 Å². The van der Waals surface area contributed by atoms with E-state index in [-0.39, 0.29) is 6.03 Å². The molecular weight excluding hydrogens is 500 g/mol. The Kier molecular flexibility index (Phi) is 53.0. The minimum absolute atomic E-state index is 0.0532. The molecule has 1 aromatic heterocycles. The Balaban J connectivity index is -0.0000000826. The van der Waals surface area contributed by atoms with Gasteiger partial charge in [0.1, 0.15) is 0 Å². The van der Waals surface area contributed by atoms with Gasteiger partial charge in [0.15, 0.2) is 11.9 Å². The fourth-order valence-corrected chi connectivity index (χ4v) is 2.17. The van der Waals surface area contributed by atoms with Crippen LogP contribution in [0, 0.1) is 0 Å². The van der Waals surface area contributed by atoms with E-state index < -0.39 is 0 Å². The van der Waals surface area contributed by atoms with Gasteiger partial charge in [-0.2, -0.15) is 0 Å². The van der Waals surface area contributed by atoms with Gasteiger partial charge in [0, 0.05) is 81.6 Å². The lowest BCUT2D eigenvalue weighted by Crippen LogP contribution is -2.35. The average molecular weight is 565 g/mol. The van der Waals surface area contributed by atoms with E-state index in [0.29, 0.717) is 0 Å². The van der Waals surface area contributed by atoms with Gasteiger partial charge in [-0.05, 0) is 34.5 Å². The first-order valence-corrected chi connectivity index (χ1v) is 13.9. The van der Waals surface area contributed by atoms with Gasteiger partial charge in [-0.3, -0.25) is 9.98 Å². The average Bonchev–Trinajstić information content (AvgIpc) is 3.47. The number of thiazole rings is 1. The van der Waals surface area contributed by atoms with Gasteiger partial charge in [0.2, 0.25) is 0 Å². The highest BCUT2D eigenvalue weighted by Crippen LogP contribution is 2.02. The van der Waals surface area contributed by atoms with Gasteiger partial charge in [0.05, 0.1) is 5.01 Å². The maximum Gasteiger partial charge on any atom is 0.319 e. The maximum absolute atomic E-state index is 10.9. The fourth-order valence-electron chi connectivity index (χ4n) is 1.60.